The van der Waals surface area contributed by atoms with Crippen LogP contribution in [0.25, 0.3) is 16.8 Å². The molecule has 62 heavy (non-hydrogen) atoms. The molecule has 4 atom stereocenters. The molecule has 7 nitrogen and oxygen atoms in total. The van der Waals surface area contributed by atoms with E-state index in [1.165, 1.54) is 27.1 Å². The van der Waals surface area contributed by atoms with Gasteiger partial charge in [0.05, 0.1) is 31.2 Å². The lowest BCUT2D eigenvalue weighted by Crippen LogP contribution is -2.66. The minimum atomic E-state index is -2.91. The minimum absolute atomic E-state index is 0.00417. The standard InChI is InChI=1S/C54H60N2O5Si/c1-37(32-39-25-26-48(57)45-23-15-14-22-44(39)45)24-27-49-50-40(35-61-62(54(2,3)4,42-18-10-6-11-19-42)43-20-12-7-13-21-43)33-46-51(47(50)36-60-49)53(59)56(52(46)58)41-28-30-55(31-29-41)34-38-16-8-5-9-17-38/h5-23,25-26,32,41,46-47,49,51,57H,24,27-31,33-36H2,1-4H3/b37-32+/t46-,47+,49-,51-/m1/s1. The molecule has 0 aromatic heterocycles. The van der Waals surface area contributed by atoms with Gasteiger partial charge in [-0.15, -0.1) is 0 Å². The Morgan fingerprint density at radius 1 is 0.790 bits per heavy atom. The van der Waals surface area contributed by atoms with Crippen molar-refractivity contribution in [3.63, 3.8) is 0 Å². The number of phenols is 1. The van der Waals surface area contributed by atoms with Crippen LogP contribution in [0.5, 0.6) is 5.75 Å². The number of imide groups is 1. The van der Waals surface area contributed by atoms with Crippen molar-refractivity contribution in [2.24, 2.45) is 17.8 Å². The Kier molecular flexibility index (Phi) is 12.0. The Bertz CT molecular complexity index is 2430. The quantitative estimate of drug-likeness (QED) is 0.0767. The summed E-state index contributed by atoms with van der Waals surface area (Å²) in [5.41, 5.74) is 5.89. The van der Waals surface area contributed by atoms with E-state index in [1.54, 1.807) is 11.0 Å². The molecule has 1 aliphatic carbocycles. The predicted octanol–water partition coefficient (Wildman–Crippen LogP) is 9.29. The number of nitrogens with zero attached hydrogens (tertiary/aromatic N) is 2. The van der Waals surface area contributed by atoms with Gasteiger partial charge in [0.25, 0.3) is 8.32 Å². The maximum absolute atomic E-state index is 14.8. The maximum atomic E-state index is 14.8. The van der Waals surface area contributed by atoms with Crippen molar-refractivity contribution in [3.8, 4) is 5.75 Å². The molecule has 5 aromatic rings. The van der Waals surface area contributed by atoms with E-state index in [0.29, 0.717) is 19.6 Å². The second kappa shape index (κ2) is 17.6. The van der Waals surface area contributed by atoms with Gasteiger partial charge in [0.1, 0.15) is 5.75 Å². The summed E-state index contributed by atoms with van der Waals surface area (Å²) in [6.07, 6.45) is 5.69. The molecule has 9 rings (SSSR count). The molecule has 3 aliphatic heterocycles. The molecule has 2 amide bonds. The van der Waals surface area contributed by atoms with Crippen molar-refractivity contribution in [1.29, 1.82) is 0 Å². The van der Waals surface area contributed by atoms with Gasteiger partial charge in [0, 0.05) is 37.0 Å². The molecular weight excluding hydrogens is 785 g/mol. The highest BCUT2D eigenvalue weighted by Crippen LogP contribution is 2.51. The van der Waals surface area contributed by atoms with Crippen molar-refractivity contribution in [3.05, 3.63) is 155 Å². The number of allylic oxidation sites excluding steroid dienone is 1. The number of amides is 2. The van der Waals surface area contributed by atoms with Crippen LogP contribution in [0.3, 0.4) is 0 Å². The Morgan fingerprint density at radius 3 is 2.05 bits per heavy atom. The first-order valence-corrected chi connectivity index (χ1v) is 24.5. The average Bonchev–Trinajstić information content (AvgIpc) is 3.82. The van der Waals surface area contributed by atoms with E-state index in [-0.39, 0.29) is 40.7 Å². The van der Waals surface area contributed by atoms with Crippen LogP contribution in [0.1, 0.15) is 70.9 Å². The summed E-state index contributed by atoms with van der Waals surface area (Å²) < 4.78 is 14.4. The fourth-order valence-corrected chi connectivity index (χ4v) is 15.8. The molecule has 0 bridgehead atoms. The predicted molar refractivity (Wildman–Crippen MR) is 251 cm³/mol. The molecule has 3 fully saturated rings. The number of carbonyl (C=O) groups is 2. The van der Waals surface area contributed by atoms with Gasteiger partial charge in [-0.25, -0.2) is 0 Å². The summed E-state index contributed by atoms with van der Waals surface area (Å²) in [6, 6.07) is 43.6. The fraction of sp³-hybridized carbons (Fsp3) is 0.370. The van der Waals surface area contributed by atoms with Crippen LogP contribution >= 0.6 is 0 Å². The number of fused-ring (bicyclic) bond motifs is 4. The third kappa shape index (κ3) is 7.91. The maximum Gasteiger partial charge on any atom is 0.261 e. The van der Waals surface area contributed by atoms with Crippen molar-refractivity contribution < 1.29 is 23.9 Å². The molecule has 3 saturated heterocycles. The van der Waals surface area contributed by atoms with Crippen LogP contribution < -0.4 is 10.4 Å². The van der Waals surface area contributed by atoms with Gasteiger partial charge in [-0.3, -0.25) is 19.4 Å². The summed E-state index contributed by atoms with van der Waals surface area (Å²) in [5.74, 6) is -0.725. The van der Waals surface area contributed by atoms with Gasteiger partial charge < -0.3 is 14.3 Å². The zero-order valence-corrected chi connectivity index (χ0v) is 37.6. The first-order valence-electron chi connectivity index (χ1n) is 22.6. The van der Waals surface area contributed by atoms with Crippen LogP contribution in [-0.4, -0.2) is 73.5 Å². The third-order valence-electron chi connectivity index (χ3n) is 14.2. The number of hydrogen-bond acceptors (Lipinski definition) is 6. The largest absolute Gasteiger partial charge is 0.507 e. The second-order valence-electron chi connectivity index (χ2n) is 19.1. The van der Waals surface area contributed by atoms with Gasteiger partial charge in [-0.1, -0.05) is 154 Å². The number of benzene rings is 5. The number of hydrogen-bond donors (Lipinski definition) is 1. The molecule has 0 unspecified atom stereocenters. The van der Waals surface area contributed by atoms with Crippen molar-refractivity contribution >= 4 is 47.4 Å². The normalized spacial score (nSPS) is 22.7. The van der Waals surface area contributed by atoms with Gasteiger partial charge in [0.15, 0.2) is 0 Å². The minimum Gasteiger partial charge on any atom is -0.507 e. The van der Waals surface area contributed by atoms with E-state index in [2.05, 4.69) is 130 Å². The number of ether oxygens (including phenoxy) is 1. The first kappa shape index (κ1) is 42.2. The fourth-order valence-electron chi connectivity index (χ4n) is 11.3. The van der Waals surface area contributed by atoms with Crippen LogP contribution in [0.2, 0.25) is 5.04 Å². The Balaban J connectivity index is 1.02. The second-order valence-corrected chi connectivity index (χ2v) is 23.4. The molecule has 5 aromatic carbocycles. The molecule has 3 heterocycles. The number of likely N-dealkylation sites (tertiary alicyclic amines) is 2. The smallest absolute Gasteiger partial charge is 0.261 e. The van der Waals surface area contributed by atoms with Crippen molar-refractivity contribution in [2.75, 3.05) is 26.3 Å². The van der Waals surface area contributed by atoms with E-state index in [0.717, 1.165) is 67.2 Å². The van der Waals surface area contributed by atoms with Crippen LogP contribution in [0.4, 0.5) is 0 Å². The Hall–Kier alpha value is -5.12. The molecular formula is C54H60N2O5Si. The highest BCUT2D eigenvalue weighted by Gasteiger charge is 2.59. The lowest BCUT2D eigenvalue weighted by Gasteiger charge is -2.44. The molecule has 0 spiro atoms. The number of phenolic OH excluding ortho intramolecular Hbond substituents is 1. The highest BCUT2D eigenvalue weighted by atomic mass is 28.4. The summed E-state index contributed by atoms with van der Waals surface area (Å²) >= 11 is 0. The van der Waals surface area contributed by atoms with Crippen molar-refractivity contribution in [1.82, 2.24) is 9.80 Å². The topological polar surface area (TPSA) is 79.3 Å². The lowest BCUT2D eigenvalue weighted by atomic mass is 9.69. The monoisotopic (exact) mass is 844 g/mol. The van der Waals surface area contributed by atoms with E-state index in [1.807, 2.05) is 30.3 Å². The molecule has 0 radical (unpaired) electrons. The van der Waals surface area contributed by atoms with Gasteiger partial charge >= 0.3 is 0 Å². The number of aromatic hydroxyl groups is 1. The lowest BCUT2D eigenvalue weighted by molar-refractivity contribution is -0.144. The molecule has 320 valence electrons. The number of carbonyl (C=O) groups excluding carboxylic acids is 2. The van der Waals surface area contributed by atoms with Crippen LogP contribution in [0.15, 0.2) is 144 Å². The molecule has 8 heteroatoms. The first-order chi connectivity index (χ1) is 30.0. The van der Waals surface area contributed by atoms with Crippen LogP contribution in [-0.2, 0) is 25.3 Å². The summed E-state index contributed by atoms with van der Waals surface area (Å²) in [4.78, 5) is 33.6. The Morgan fingerprint density at radius 2 is 1.40 bits per heavy atom. The Labute approximate surface area is 368 Å². The van der Waals surface area contributed by atoms with E-state index in [4.69, 9.17) is 9.16 Å². The van der Waals surface area contributed by atoms with E-state index in [9.17, 15) is 14.7 Å². The number of rotatable bonds is 12. The van der Waals surface area contributed by atoms with Gasteiger partial charge in [0.2, 0.25) is 11.8 Å². The van der Waals surface area contributed by atoms with Gasteiger partial charge in [-0.2, -0.15) is 0 Å². The molecule has 4 aliphatic rings. The summed E-state index contributed by atoms with van der Waals surface area (Å²) in [7, 11) is -2.91. The van der Waals surface area contributed by atoms with Crippen LogP contribution in [0, 0.1) is 17.8 Å². The van der Waals surface area contributed by atoms with Gasteiger partial charge in [-0.05, 0) is 88.2 Å². The van der Waals surface area contributed by atoms with E-state index < -0.39 is 20.2 Å². The SMILES string of the molecule is C/C(=C\c1ccc(O)c2ccccc12)CC[C@H]1OC[C@H]2C1=C(CO[Si](c1ccccc1)(c1ccccc1)C(C)(C)C)C[C@H]1C(=O)N(C3CCN(Cc4ccccc4)CC3)C(=O)[C@H]12. The number of piperidine rings is 1. The van der Waals surface area contributed by atoms with E-state index >= 15 is 0 Å². The zero-order chi connectivity index (χ0) is 43.0. The summed E-state index contributed by atoms with van der Waals surface area (Å²) in [6.45, 7) is 12.5. The molecule has 1 N–H and O–H groups in total. The highest BCUT2D eigenvalue weighted by molar-refractivity contribution is 6.99. The summed E-state index contributed by atoms with van der Waals surface area (Å²) in [5, 5.41) is 14.6. The average molecular weight is 845 g/mol. The van der Waals surface area contributed by atoms with Crippen molar-refractivity contribution in [2.45, 2.75) is 83.5 Å². The molecule has 0 saturated carbocycles. The third-order valence-corrected chi connectivity index (χ3v) is 19.2. The zero-order valence-electron chi connectivity index (χ0n) is 36.6.